The second-order valence-electron chi connectivity index (χ2n) is 7.39. The lowest BCUT2D eigenvalue weighted by atomic mass is 10.1. The van der Waals surface area contributed by atoms with Crippen LogP contribution < -0.4 is 5.73 Å². The van der Waals surface area contributed by atoms with Crippen molar-refractivity contribution in [3.8, 4) is 0 Å². The van der Waals surface area contributed by atoms with Crippen molar-refractivity contribution >= 4 is 0 Å². The second kappa shape index (κ2) is 21.1. The fraction of sp³-hybridized carbons (Fsp3) is 1.00. The fourth-order valence-electron chi connectivity index (χ4n) is 3.11. The number of nitrogens with zero attached hydrogens (tertiary/aromatic N) is 1. The van der Waals surface area contributed by atoms with Gasteiger partial charge in [-0.25, -0.2) is 0 Å². The van der Waals surface area contributed by atoms with Gasteiger partial charge in [0.2, 0.25) is 0 Å². The third-order valence-electron chi connectivity index (χ3n) is 4.82. The van der Waals surface area contributed by atoms with Gasteiger partial charge in [0.1, 0.15) is 6.23 Å². The Bertz CT molecular complexity index is 265. The molecule has 0 saturated carbocycles. The Morgan fingerprint density at radius 1 is 0.692 bits per heavy atom. The predicted octanol–water partition coefficient (Wildman–Crippen LogP) is 6.04. The summed E-state index contributed by atoms with van der Waals surface area (Å²) in [7, 11) is 0. The van der Waals surface area contributed by atoms with Crippen LogP contribution in [0.15, 0.2) is 0 Å². The van der Waals surface area contributed by atoms with Gasteiger partial charge in [0, 0.05) is 13.2 Å². The maximum atomic E-state index is 6.13. The van der Waals surface area contributed by atoms with Gasteiger partial charge in [-0.3, -0.25) is 4.84 Å². The molecule has 0 fully saturated rings. The van der Waals surface area contributed by atoms with E-state index in [0.29, 0.717) is 6.54 Å². The molecule has 0 bridgehead atoms. The van der Waals surface area contributed by atoms with Crippen molar-refractivity contribution in [2.24, 2.45) is 5.73 Å². The fourth-order valence-corrected chi connectivity index (χ4v) is 3.11. The Balaban J connectivity index is 3.91. The molecule has 0 aromatic heterocycles. The van der Waals surface area contributed by atoms with Crippen molar-refractivity contribution in [3.05, 3.63) is 0 Å². The molecule has 0 aliphatic rings. The molecule has 0 amide bonds. The van der Waals surface area contributed by atoms with Crippen molar-refractivity contribution in [1.82, 2.24) is 5.06 Å². The van der Waals surface area contributed by atoms with E-state index < -0.39 is 0 Å². The van der Waals surface area contributed by atoms with Crippen molar-refractivity contribution in [2.75, 3.05) is 26.3 Å². The third kappa shape index (κ3) is 16.0. The molecular formula is C22H48N2O2. The molecule has 0 spiro atoms. The van der Waals surface area contributed by atoms with Gasteiger partial charge in [0.05, 0.1) is 6.61 Å². The van der Waals surface area contributed by atoms with Gasteiger partial charge >= 0.3 is 0 Å². The lowest BCUT2D eigenvalue weighted by Crippen LogP contribution is -2.39. The number of ether oxygens (including phenoxy) is 1. The molecule has 0 heterocycles. The first-order valence-electron chi connectivity index (χ1n) is 11.5. The normalized spacial score (nSPS) is 12.8. The molecule has 0 saturated heterocycles. The maximum Gasteiger partial charge on any atom is 0.132 e. The lowest BCUT2D eigenvalue weighted by Gasteiger charge is -2.30. The van der Waals surface area contributed by atoms with Gasteiger partial charge in [-0.2, -0.15) is 5.06 Å². The lowest BCUT2D eigenvalue weighted by molar-refractivity contribution is -0.254. The molecule has 26 heavy (non-hydrogen) atoms. The summed E-state index contributed by atoms with van der Waals surface area (Å²) < 4.78 is 6.13. The maximum absolute atomic E-state index is 6.13. The number of rotatable bonds is 21. The van der Waals surface area contributed by atoms with Crippen LogP contribution in [0.3, 0.4) is 0 Å². The van der Waals surface area contributed by atoms with Crippen LogP contribution in [0, 0.1) is 0 Å². The molecule has 2 N–H and O–H groups in total. The Hall–Kier alpha value is -0.160. The molecule has 4 heteroatoms. The zero-order valence-corrected chi connectivity index (χ0v) is 18.1. The van der Waals surface area contributed by atoms with E-state index >= 15 is 0 Å². The summed E-state index contributed by atoms with van der Waals surface area (Å²) in [5.41, 5.74) is 5.69. The smallest absolute Gasteiger partial charge is 0.132 e. The van der Waals surface area contributed by atoms with Crippen LogP contribution in [-0.4, -0.2) is 37.6 Å². The van der Waals surface area contributed by atoms with Gasteiger partial charge in [-0.15, -0.1) is 0 Å². The Kier molecular flexibility index (Phi) is 21.0. The average molecular weight is 373 g/mol. The van der Waals surface area contributed by atoms with Gasteiger partial charge in [-0.1, -0.05) is 85.0 Å². The predicted molar refractivity (Wildman–Crippen MR) is 113 cm³/mol. The number of hydrogen-bond donors (Lipinski definition) is 1. The van der Waals surface area contributed by atoms with E-state index in [1.165, 1.54) is 64.2 Å². The SMILES string of the molecule is CCCCCCCCCCOC(CC)N(CCCN)OCCCCCC. The summed E-state index contributed by atoms with van der Waals surface area (Å²) >= 11 is 0. The van der Waals surface area contributed by atoms with E-state index in [4.69, 9.17) is 15.3 Å². The van der Waals surface area contributed by atoms with Crippen LogP contribution in [0.1, 0.15) is 111 Å². The minimum atomic E-state index is 0.0669. The molecule has 0 aromatic rings. The first kappa shape index (κ1) is 25.8. The Morgan fingerprint density at radius 2 is 1.23 bits per heavy atom. The number of unbranched alkanes of at least 4 members (excludes halogenated alkanes) is 10. The molecule has 0 aliphatic carbocycles. The summed E-state index contributed by atoms with van der Waals surface area (Å²) in [6.45, 7) is 9.88. The van der Waals surface area contributed by atoms with Crippen molar-refractivity contribution in [1.29, 1.82) is 0 Å². The average Bonchev–Trinajstić information content (AvgIpc) is 2.66. The van der Waals surface area contributed by atoms with E-state index in [1.807, 2.05) is 5.06 Å². The van der Waals surface area contributed by atoms with Crippen molar-refractivity contribution in [3.63, 3.8) is 0 Å². The summed E-state index contributed by atoms with van der Waals surface area (Å²) in [5, 5.41) is 2.05. The molecule has 1 unspecified atom stereocenters. The summed E-state index contributed by atoms with van der Waals surface area (Å²) in [5.74, 6) is 0. The third-order valence-corrected chi connectivity index (χ3v) is 4.82. The van der Waals surface area contributed by atoms with E-state index in [-0.39, 0.29) is 6.23 Å². The molecule has 1 atom stereocenters. The van der Waals surface area contributed by atoms with Crippen LogP contribution in [-0.2, 0) is 9.57 Å². The summed E-state index contributed by atoms with van der Waals surface area (Å²) in [6, 6.07) is 0. The highest BCUT2D eigenvalue weighted by Crippen LogP contribution is 2.12. The van der Waals surface area contributed by atoms with E-state index in [1.54, 1.807) is 0 Å². The number of nitrogens with two attached hydrogens (primary N) is 1. The standard InChI is InChI=1S/C22H48N2O2/c1-4-7-9-11-12-13-14-15-20-25-22(6-3)24(19-17-18-23)26-21-16-10-8-5-2/h22H,4-21,23H2,1-3H3. The Morgan fingerprint density at radius 3 is 1.81 bits per heavy atom. The van der Waals surface area contributed by atoms with Crippen LogP contribution >= 0.6 is 0 Å². The zero-order valence-electron chi connectivity index (χ0n) is 18.1. The number of hydrogen-bond acceptors (Lipinski definition) is 4. The molecule has 0 aromatic carbocycles. The van der Waals surface area contributed by atoms with Crippen LogP contribution in [0.4, 0.5) is 0 Å². The van der Waals surface area contributed by atoms with Crippen LogP contribution in [0.2, 0.25) is 0 Å². The monoisotopic (exact) mass is 372 g/mol. The zero-order chi connectivity index (χ0) is 19.3. The molecule has 0 rings (SSSR count). The van der Waals surface area contributed by atoms with Gasteiger partial charge < -0.3 is 10.5 Å². The largest absolute Gasteiger partial charge is 0.361 e. The van der Waals surface area contributed by atoms with Crippen molar-refractivity contribution in [2.45, 2.75) is 117 Å². The van der Waals surface area contributed by atoms with Gasteiger partial charge in [0.15, 0.2) is 0 Å². The van der Waals surface area contributed by atoms with Crippen molar-refractivity contribution < 1.29 is 9.57 Å². The highest BCUT2D eigenvalue weighted by molar-refractivity contribution is 4.56. The highest BCUT2D eigenvalue weighted by atomic mass is 16.7. The van der Waals surface area contributed by atoms with Crippen LogP contribution in [0.5, 0.6) is 0 Å². The van der Waals surface area contributed by atoms with Gasteiger partial charge in [-0.05, 0) is 32.2 Å². The van der Waals surface area contributed by atoms with E-state index in [9.17, 15) is 0 Å². The van der Waals surface area contributed by atoms with Gasteiger partial charge in [0.25, 0.3) is 0 Å². The minimum absolute atomic E-state index is 0.0669. The minimum Gasteiger partial charge on any atom is -0.361 e. The van der Waals surface area contributed by atoms with E-state index in [0.717, 1.165) is 45.4 Å². The summed E-state index contributed by atoms with van der Waals surface area (Å²) in [4.78, 5) is 6.03. The highest BCUT2D eigenvalue weighted by Gasteiger charge is 2.17. The molecule has 4 nitrogen and oxygen atoms in total. The first-order valence-corrected chi connectivity index (χ1v) is 11.5. The molecule has 158 valence electrons. The topological polar surface area (TPSA) is 47.7 Å². The Labute approximate surface area is 164 Å². The quantitative estimate of drug-likeness (QED) is 0.151. The summed E-state index contributed by atoms with van der Waals surface area (Å²) in [6.07, 6.45) is 17.6. The number of hydroxylamine groups is 2. The molecular weight excluding hydrogens is 324 g/mol. The molecule has 0 aliphatic heterocycles. The first-order chi connectivity index (χ1) is 12.8. The molecule has 0 radical (unpaired) electrons. The van der Waals surface area contributed by atoms with Crippen LogP contribution in [0.25, 0.3) is 0 Å². The second-order valence-corrected chi connectivity index (χ2v) is 7.39. The van der Waals surface area contributed by atoms with E-state index in [2.05, 4.69) is 20.8 Å².